The van der Waals surface area contributed by atoms with Gasteiger partial charge in [-0.25, -0.2) is 4.79 Å². The molecule has 1 fully saturated rings. The van der Waals surface area contributed by atoms with Crippen LogP contribution in [0, 0.1) is 0 Å². The summed E-state index contributed by atoms with van der Waals surface area (Å²) < 4.78 is 10.7. The molecule has 1 rings (SSSR count). The quantitative estimate of drug-likeness (QED) is 0.691. The van der Waals surface area contributed by atoms with Crippen molar-refractivity contribution in [1.29, 1.82) is 0 Å². The fraction of sp³-hybridized carbons (Fsp3) is 0.917. The number of amides is 1. The summed E-state index contributed by atoms with van der Waals surface area (Å²) in [6.45, 7) is 8.91. The molecule has 17 heavy (non-hydrogen) atoms. The second kappa shape index (κ2) is 6.81. The SMILES string of the molecule is CC(C)(C)OC(=O)NCCCCOC1CNC1. The Bertz CT molecular complexity index is 234. The van der Waals surface area contributed by atoms with Crippen molar-refractivity contribution in [2.45, 2.75) is 45.3 Å². The number of hydrogen-bond acceptors (Lipinski definition) is 4. The lowest BCUT2D eigenvalue weighted by atomic mass is 10.2. The van der Waals surface area contributed by atoms with Gasteiger partial charge in [-0.15, -0.1) is 0 Å². The zero-order chi connectivity index (χ0) is 12.7. The monoisotopic (exact) mass is 244 g/mol. The first-order valence-corrected chi connectivity index (χ1v) is 6.26. The van der Waals surface area contributed by atoms with Crippen molar-refractivity contribution in [2.24, 2.45) is 0 Å². The van der Waals surface area contributed by atoms with Gasteiger partial charge in [-0.3, -0.25) is 0 Å². The first-order valence-electron chi connectivity index (χ1n) is 6.26. The molecule has 0 aliphatic carbocycles. The molecule has 0 saturated carbocycles. The van der Waals surface area contributed by atoms with Crippen molar-refractivity contribution in [3.8, 4) is 0 Å². The Kier molecular flexibility index (Phi) is 5.71. The number of rotatable bonds is 6. The molecule has 0 unspecified atom stereocenters. The Morgan fingerprint density at radius 2 is 2.06 bits per heavy atom. The number of unbranched alkanes of at least 4 members (excludes halogenated alkanes) is 1. The lowest BCUT2D eigenvalue weighted by Gasteiger charge is -2.27. The summed E-state index contributed by atoms with van der Waals surface area (Å²) in [7, 11) is 0. The van der Waals surface area contributed by atoms with E-state index in [0.717, 1.165) is 32.5 Å². The molecule has 2 N–H and O–H groups in total. The van der Waals surface area contributed by atoms with Gasteiger partial charge < -0.3 is 20.1 Å². The minimum atomic E-state index is -0.426. The third kappa shape index (κ3) is 7.18. The fourth-order valence-corrected chi connectivity index (χ4v) is 1.36. The molecule has 5 nitrogen and oxygen atoms in total. The Morgan fingerprint density at radius 3 is 2.59 bits per heavy atom. The third-order valence-electron chi connectivity index (χ3n) is 2.34. The molecule has 5 heteroatoms. The van der Waals surface area contributed by atoms with Crippen molar-refractivity contribution in [3.05, 3.63) is 0 Å². The predicted octanol–water partition coefficient (Wildman–Crippen LogP) is 1.28. The van der Waals surface area contributed by atoms with Crippen LogP contribution in [0.3, 0.4) is 0 Å². The first kappa shape index (κ1) is 14.3. The van der Waals surface area contributed by atoms with Crippen LogP contribution < -0.4 is 10.6 Å². The number of nitrogens with one attached hydrogen (secondary N) is 2. The van der Waals surface area contributed by atoms with E-state index in [1.54, 1.807) is 0 Å². The largest absolute Gasteiger partial charge is 0.444 e. The van der Waals surface area contributed by atoms with Gasteiger partial charge in [-0.2, -0.15) is 0 Å². The third-order valence-corrected chi connectivity index (χ3v) is 2.34. The zero-order valence-corrected chi connectivity index (χ0v) is 11.0. The Balaban J connectivity index is 1.87. The molecule has 1 aliphatic rings. The number of carbonyl (C=O) groups is 1. The lowest BCUT2D eigenvalue weighted by molar-refractivity contribution is 0.0169. The molecule has 0 aromatic heterocycles. The van der Waals surface area contributed by atoms with Crippen LogP contribution in [0.1, 0.15) is 33.6 Å². The topological polar surface area (TPSA) is 59.6 Å². The first-order chi connectivity index (χ1) is 7.97. The Hall–Kier alpha value is -0.810. The van der Waals surface area contributed by atoms with Crippen LogP contribution in [0.15, 0.2) is 0 Å². The Morgan fingerprint density at radius 1 is 1.35 bits per heavy atom. The maximum absolute atomic E-state index is 11.3. The highest BCUT2D eigenvalue weighted by Gasteiger charge is 2.16. The maximum Gasteiger partial charge on any atom is 0.407 e. The van der Waals surface area contributed by atoms with E-state index in [4.69, 9.17) is 9.47 Å². The van der Waals surface area contributed by atoms with Gasteiger partial charge in [0.1, 0.15) is 5.60 Å². The highest BCUT2D eigenvalue weighted by Crippen LogP contribution is 2.06. The summed E-state index contributed by atoms with van der Waals surface area (Å²) in [6, 6.07) is 0. The van der Waals surface area contributed by atoms with Crippen LogP contribution in [0.25, 0.3) is 0 Å². The molecule has 0 radical (unpaired) electrons. The van der Waals surface area contributed by atoms with Gasteiger partial charge in [0.15, 0.2) is 0 Å². The van der Waals surface area contributed by atoms with Crippen LogP contribution in [-0.2, 0) is 9.47 Å². The highest BCUT2D eigenvalue weighted by atomic mass is 16.6. The number of hydrogen-bond donors (Lipinski definition) is 2. The van der Waals surface area contributed by atoms with Crippen LogP contribution in [0.5, 0.6) is 0 Å². The normalized spacial score (nSPS) is 16.4. The molecular formula is C12H24N2O3. The smallest absolute Gasteiger partial charge is 0.407 e. The summed E-state index contributed by atoms with van der Waals surface area (Å²) in [5.74, 6) is 0. The average Bonchev–Trinajstić information content (AvgIpc) is 2.10. The summed E-state index contributed by atoms with van der Waals surface area (Å²) in [6.07, 6.45) is 1.93. The van der Waals surface area contributed by atoms with Crippen LogP contribution in [0.2, 0.25) is 0 Å². The molecule has 100 valence electrons. The molecule has 1 aliphatic heterocycles. The van der Waals surface area contributed by atoms with Crippen molar-refractivity contribution in [3.63, 3.8) is 0 Å². The van der Waals surface area contributed by atoms with E-state index in [2.05, 4.69) is 10.6 Å². The van der Waals surface area contributed by atoms with E-state index in [0.29, 0.717) is 12.6 Å². The summed E-state index contributed by atoms with van der Waals surface area (Å²) in [5, 5.41) is 5.88. The second-order valence-electron chi connectivity index (χ2n) is 5.29. The highest BCUT2D eigenvalue weighted by molar-refractivity contribution is 5.67. The van der Waals surface area contributed by atoms with Crippen molar-refractivity contribution in [1.82, 2.24) is 10.6 Å². The molecule has 0 bridgehead atoms. The maximum atomic E-state index is 11.3. The molecule has 0 spiro atoms. The minimum Gasteiger partial charge on any atom is -0.444 e. The molecule has 1 saturated heterocycles. The fourth-order valence-electron chi connectivity index (χ4n) is 1.36. The van der Waals surface area contributed by atoms with E-state index in [1.807, 2.05) is 20.8 Å². The van der Waals surface area contributed by atoms with E-state index < -0.39 is 5.60 Å². The molecular weight excluding hydrogens is 220 g/mol. The van der Waals surface area contributed by atoms with Crippen LogP contribution >= 0.6 is 0 Å². The molecule has 0 atom stereocenters. The van der Waals surface area contributed by atoms with Crippen LogP contribution in [0.4, 0.5) is 4.79 Å². The number of alkyl carbamates (subject to hydrolysis) is 1. The van der Waals surface area contributed by atoms with E-state index in [9.17, 15) is 4.79 Å². The van der Waals surface area contributed by atoms with Gasteiger partial charge in [0, 0.05) is 26.2 Å². The van der Waals surface area contributed by atoms with E-state index in [-0.39, 0.29) is 6.09 Å². The zero-order valence-electron chi connectivity index (χ0n) is 11.0. The molecule has 0 aromatic rings. The summed E-state index contributed by atoms with van der Waals surface area (Å²) in [5.41, 5.74) is -0.426. The van der Waals surface area contributed by atoms with Gasteiger partial charge in [0.2, 0.25) is 0 Å². The van der Waals surface area contributed by atoms with Gasteiger partial charge in [0.25, 0.3) is 0 Å². The predicted molar refractivity (Wildman–Crippen MR) is 66.1 cm³/mol. The standard InChI is InChI=1S/C12H24N2O3/c1-12(2,3)17-11(15)14-6-4-5-7-16-10-8-13-9-10/h10,13H,4-9H2,1-3H3,(H,14,15). The average molecular weight is 244 g/mol. The van der Waals surface area contributed by atoms with Crippen molar-refractivity contribution >= 4 is 6.09 Å². The van der Waals surface area contributed by atoms with Crippen LogP contribution in [-0.4, -0.2) is 44.0 Å². The van der Waals surface area contributed by atoms with Gasteiger partial charge in [-0.05, 0) is 33.6 Å². The van der Waals surface area contributed by atoms with Gasteiger partial charge >= 0.3 is 6.09 Å². The molecule has 1 heterocycles. The molecule has 1 amide bonds. The summed E-state index contributed by atoms with van der Waals surface area (Å²) >= 11 is 0. The molecule has 0 aromatic carbocycles. The van der Waals surface area contributed by atoms with Crippen molar-refractivity contribution in [2.75, 3.05) is 26.2 Å². The minimum absolute atomic E-state index is 0.346. The van der Waals surface area contributed by atoms with Crippen molar-refractivity contribution < 1.29 is 14.3 Å². The lowest BCUT2D eigenvalue weighted by Crippen LogP contribution is -2.48. The second-order valence-corrected chi connectivity index (χ2v) is 5.29. The summed E-state index contributed by atoms with van der Waals surface area (Å²) in [4.78, 5) is 11.3. The number of ether oxygens (including phenoxy) is 2. The van der Waals surface area contributed by atoms with E-state index in [1.165, 1.54) is 0 Å². The number of carbonyl (C=O) groups excluding carboxylic acids is 1. The van der Waals surface area contributed by atoms with Gasteiger partial charge in [-0.1, -0.05) is 0 Å². The van der Waals surface area contributed by atoms with Gasteiger partial charge in [0.05, 0.1) is 6.10 Å². The Labute approximate surface area is 103 Å². The van der Waals surface area contributed by atoms with E-state index >= 15 is 0 Å².